The van der Waals surface area contributed by atoms with E-state index >= 15 is 0 Å². The Morgan fingerprint density at radius 2 is 1.82 bits per heavy atom. The molecule has 1 fully saturated rings. The predicted molar refractivity (Wildman–Crippen MR) is 58.5 cm³/mol. The zero-order valence-electron chi connectivity index (χ0n) is 9.59. The minimum atomic E-state index is -1.55. The number of carbonyl (C=O) groups is 1. The third-order valence-corrected chi connectivity index (χ3v) is 3.38. The van der Waals surface area contributed by atoms with Crippen LogP contribution in [0.3, 0.4) is 0 Å². The van der Waals surface area contributed by atoms with Gasteiger partial charge in [-0.2, -0.15) is 0 Å². The van der Waals surface area contributed by atoms with Gasteiger partial charge in [0.25, 0.3) is 0 Å². The summed E-state index contributed by atoms with van der Waals surface area (Å²) in [7, 11) is 0. The van der Waals surface area contributed by atoms with Gasteiger partial charge in [0, 0.05) is 12.8 Å². The molecular formula is C13H14F2O2. The van der Waals surface area contributed by atoms with Crippen molar-refractivity contribution in [2.75, 3.05) is 0 Å². The largest absolute Gasteiger partial charge is 0.385 e. The molecule has 0 amide bonds. The van der Waals surface area contributed by atoms with E-state index in [1.807, 2.05) is 0 Å². The fourth-order valence-electron chi connectivity index (χ4n) is 2.28. The summed E-state index contributed by atoms with van der Waals surface area (Å²) in [5, 5.41) is 10.3. The number of benzene rings is 1. The first-order valence-corrected chi connectivity index (χ1v) is 5.63. The molecule has 1 aromatic rings. The highest BCUT2D eigenvalue weighted by molar-refractivity contribution is 5.79. The zero-order valence-corrected chi connectivity index (χ0v) is 9.59. The summed E-state index contributed by atoms with van der Waals surface area (Å²) in [6.45, 7) is 1.52. The third kappa shape index (κ3) is 2.09. The first kappa shape index (κ1) is 12.2. The summed E-state index contributed by atoms with van der Waals surface area (Å²) in [5.74, 6) is -1.42. The number of Topliss-reactive ketones (excluding diaryl/α,β-unsaturated/α-hetero) is 1. The fraction of sp³-hybridized carbons (Fsp3) is 0.462. The molecule has 0 aliphatic heterocycles. The van der Waals surface area contributed by atoms with Crippen LogP contribution in [0.5, 0.6) is 0 Å². The van der Waals surface area contributed by atoms with E-state index in [2.05, 4.69) is 0 Å². The van der Waals surface area contributed by atoms with E-state index in [4.69, 9.17) is 0 Å². The van der Waals surface area contributed by atoms with Crippen molar-refractivity contribution >= 4 is 5.78 Å². The summed E-state index contributed by atoms with van der Waals surface area (Å²) in [5.41, 5.74) is -1.54. The maximum Gasteiger partial charge on any atom is 0.135 e. The van der Waals surface area contributed by atoms with Crippen molar-refractivity contribution in [1.29, 1.82) is 0 Å². The highest BCUT2D eigenvalue weighted by Gasteiger charge is 2.38. The van der Waals surface area contributed by atoms with Gasteiger partial charge in [-0.1, -0.05) is 6.07 Å². The summed E-state index contributed by atoms with van der Waals surface area (Å²) >= 11 is 0. The standard InChI is InChI=1S/C13H14F2O2/c1-8-2-3-10(14)11(12(8)15)13(17)6-4-9(16)5-7-13/h2-3,17H,4-7H2,1H3. The van der Waals surface area contributed by atoms with Gasteiger partial charge >= 0.3 is 0 Å². The van der Waals surface area contributed by atoms with Gasteiger partial charge in [0.2, 0.25) is 0 Å². The van der Waals surface area contributed by atoms with Crippen LogP contribution in [0.15, 0.2) is 12.1 Å². The van der Waals surface area contributed by atoms with E-state index in [1.54, 1.807) is 0 Å². The van der Waals surface area contributed by atoms with Gasteiger partial charge in [-0.15, -0.1) is 0 Å². The molecule has 0 atom stereocenters. The molecule has 0 radical (unpaired) electrons. The van der Waals surface area contributed by atoms with E-state index in [-0.39, 0.29) is 37.0 Å². The van der Waals surface area contributed by atoms with Gasteiger partial charge in [-0.05, 0) is 31.4 Å². The Hall–Kier alpha value is -1.29. The van der Waals surface area contributed by atoms with Gasteiger partial charge in [0.1, 0.15) is 17.4 Å². The first-order valence-electron chi connectivity index (χ1n) is 5.63. The molecule has 4 heteroatoms. The number of halogens is 2. The molecule has 0 spiro atoms. The minimum absolute atomic E-state index is 0.0307. The summed E-state index contributed by atoms with van der Waals surface area (Å²) < 4.78 is 27.6. The second-order valence-corrected chi connectivity index (χ2v) is 4.62. The number of hydrogen-bond donors (Lipinski definition) is 1. The van der Waals surface area contributed by atoms with Crippen LogP contribution < -0.4 is 0 Å². The van der Waals surface area contributed by atoms with Crippen molar-refractivity contribution < 1.29 is 18.7 Å². The average Bonchev–Trinajstić information content (AvgIpc) is 2.29. The second-order valence-electron chi connectivity index (χ2n) is 4.62. The molecule has 1 aliphatic rings. The van der Waals surface area contributed by atoms with Crippen LogP contribution in [0.2, 0.25) is 0 Å². The monoisotopic (exact) mass is 240 g/mol. The molecule has 0 aromatic heterocycles. The van der Waals surface area contributed by atoms with E-state index in [0.717, 1.165) is 6.07 Å². The molecule has 2 rings (SSSR count). The Balaban J connectivity index is 2.46. The number of ketones is 1. The normalized spacial score (nSPS) is 19.4. The first-order chi connectivity index (χ1) is 7.94. The molecule has 1 aromatic carbocycles. The zero-order chi connectivity index (χ0) is 12.6. The van der Waals surface area contributed by atoms with E-state index in [1.165, 1.54) is 13.0 Å². The lowest BCUT2D eigenvalue weighted by Crippen LogP contribution is -2.33. The lowest BCUT2D eigenvalue weighted by atomic mass is 9.78. The van der Waals surface area contributed by atoms with Crippen molar-refractivity contribution in [2.24, 2.45) is 0 Å². The van der Waals surface area contributed by atoms with Gasteiger partial charge in [-0.3, -0.25) is 4.79 Å². The average molecular weight is 240 g/mol. The van der Waals surface area contributed by atoms with Crippen LogP contribution in [0, 0.1) is 18.6 Å². The van der Waals surface area contributed by atoms with Gasteiger partial charge in [0.05, 0.1) is 11.2 Å². The van der Waals surface area contributed by atoms with Gasteiger partial charge < -0.3 is 5.11 Å². The summed E-state index contributed by atoms with van der Waals surface area (Å²) in [4.78, 5) is 11.1. The molecule has 2 nitrogen and oxygen atoms in total. The second kappa shape index (κ2) is 4.18. The number of aryl methyl sites for hydroxylation is 1. The summed E-state index contributed by atoms with van der Waals surface area (Å²) in [6, 6.07) is 2.49. The van der Waals surface area contributed by atoms with Crippen molar-refractivity contribution in [3.8, 4) is 0 Å². The van der Waals surface area contributed by atoms with E-state index in [0.29, 0.717) is 5.56 Å². The Bertz CT molecular complexity index is 459. The van der Waals surface area contributed by atoms with Crippen molar-refractivity contribution in [1.82, 2.24) is 0 Å². The van der Waals surface area contributed by atoms with Crippen LogP contribution in [-0.4, -0.2) is 10.9 Å². The molecule has 0 bridgehead atoms. The molecule has 0 saturated heterocycles. The van der Waals surface area contributed by atoms with Gasteiger partial charge in [0.15, 0.2) is 0 Å². The quantitative estimate of drug-likeness (QED) is 0.819. The minimum Gasteiger partial charge on any atom is -0.385 e. The highest BCUT2D eigenvalue weighted by Crippen LogP contribution is 2.38. The van der Waals surface area contributed by atoms with Crippen LogP contribution >= 0.6 is 0 Å². The van der Waals surface area contributed by atoms with Crippen molar-refractivity contribution in [3.05, 3.63) is 34.9 Å². The molecule has 0 heterocycles. The summed E-state index contributed by atoms with van der Waals surface area (Å²) in [6.07, 6.45) is 0.513. The Labute approximate surface area is 98.3 Å². The number of carbonyl (C=O) groups excluding carboxylic acids is 1. The smallest absolute Gasteiger partial charge is 0.135 e. The maximum atomic E-state index is 13.9. The number of hydrogen-bond acceptors (Lipinski definition) is 2. The van der Waals surface area contributed by atoms with Crippen molar-refractivity contribution in [3.63, 3.8) is 0 Å². The van der Waals surface area contributed by atoms with Crippen LogP contribution in [0.1, 0.15) is 36.8 Å². The molecule has 17 heavy (non-hydrogen) atoms. The van der Waals surface area contributed by atoms with E-state index < -0.39 is 17.2 Å². The molecule has 92 valence electrons. The SMILES string of the molecule is Cc1ccc(F)c(C2(O)CCC(=O)CC2)c1F. The third-order valence-electron chi connectivity index (χ3n) is 3.38. The van der Waals surface area contributed by atoms with Crippen molar-refractivity contribution in [2.45, 2.75) is 38.2 Å². The van der Waals surface area contributed by atoms with E-state index in [9.17, 15) is 18.7 Å². The highest BCUT2D eigenvalue weighted by atomic mass is 19.1. The molecular weight excluding hydrogens is 226 g/mol. The molecule has 1 N–H and O–H groups in total. The Morgan fingerprint density at radius 1 is 1.24 bits per heavy atom. The number of aliphatic hydroxyl groups is 1. The lowest BCUT2D eigenvalue weighted by molar-refractivity contribution is -0.126. The topological polar surface area (TPSA) is 37.3 Å². The van der Waals surface area contributed by atoms with Gasteiger partial charge in [-0.25, -0.2) is 8.78 Å². The molecule has 1 saturated carbocycles. The predicted octanol–water partition coefficient (Wildman–Crippen LogP) is 2.60. The van der Waals surface area contributed by atoms with Crippen LogP contribution in [0.25, 0.3) is 0 Å². The Morgan fingerprint density at radius 3 is 2.41 bits per heavy atom. The lowest BCUT2D eigenvalue weighted by Gasteiger charge is -2.32. The van der Waals surface area contributed by atoms with Crippen LogP contribution in [-0.2, 0) is 10.4 Å². The molecule has 0 unspecified atom stereocenters. The maximum absolute atomic E-state index is 13.9. The molecule has 1 aliphatic carbocycles. The fourth-order valence-corrected chi connectivity index (χ4v) is 2.28. The van der Waals surface area contributed by atoms with Crippen LogP contribution in [0.4, 0.5) is 8.78 Å². The number of rotatable bonds is 1. The Kier molecular flexibility index (Phi) is 3.00.